The number of aryl methyl sites for hydroxylation is 2. The van der Waals surface area contributed by atoms with Crippen LogP contribution in [-0.2, 0) is 4.79 Å². The van der Waals surface area contributed by atoms with Crippen LogP contribution in [0.25, 0.3) is 0 Å². The van der Waals surface area contributed by atoms with E-state index in [1.165, 1.54) is 0 Å². The highest BCUT2D eigenvalue weighted by Crippen LogP contribution is 2.23. The summed E-state index contributed by atoms with van der Waals surface area (Å²) in [6.07, 6.45) is 0. The van der Waals surface area contributed by atoms with E-state index < -0.39 is 6.04 Å². The van der Waals surface area contributed by atoms with Gasteiger partial charge in [-0.2, -0.15) is 0 Å². The molecule has 0 aromatic carbocycles. The van der Waals surface area contributed by atoms with Crippen LogP contribution < -0.4 is 5.32 Å². The maximum absolute atomic E-state index is 12.5. The monoisotopic (exact) mass is 250 g/mol. The third-order valence-corrected chi connectivity index (χ3v) is 3.53. The quantitative estimate of drug-likeness (QED) is 0.813. The smallest absolute Gasteiger partial charge is 0.258 e. The van der Waals surface area contributed by atoms with E-state index in [1.54, 1.807) is 18.7 Å². The van der Waals surface area contributed by atoms with Crippen molar-refractivity contribution in [1.82, 2.24) is 10.2 Å². The Morgan fingerprint density at radius 1 is 1.33 bits per heavy atom. The molecule has 18 heavy (non-hydrogen) atoms. The number of amides is 2. The zero-order chi connectivity index (χ0) is 13.4. The van der Waals surface area contributed by atoms with Gasteiger partial charge in [-0.3, -0.25) is 9.59 Å². The summed E-state index contributed by atoms with van der Waals surface area (Å²) in [6, 6.07) is -0.430. The summed E-state index contributed by atoms with van der Waals surface area (Å²) >= 11 is 0. The first kappa shape index (κ1) is 12.7. The van der Waals surface area contributed by atoms with Crippen molar-refractivity contribution >= 4 is 11.8 Å². The van der Waals surface area contributed by atoms with Crippen molar-refractivity contribution in [3.63, 3.8) is 0 Å². The van der Waals surface area contributed by atoms with Crippen LogP contribution in [0.15, 0.2) is 4.42 Å². The number of carbonyl (C=O) groups is 2. The molecule has 1 saturated heterocycles. The van der Waals surface area contributed by atoms with Crippen molar-refractivity contribution in [3.8, 4) is 0 Å². The van der Waals surface area contributed by atoms with E-state index in [-0.39, 0.29) is 11.8 Å². The minimum atomic E-state index is -0.430. The molecule has 1 aliphatic rings. The Morgan fingerprint density at radius 2 is 2.00 bits per heavy atom. The Balaban J connectivity index is 2.33. The van der Waals surface area contributed by atoms with E-state index in [9.17, 15) is 9.59 Å². The van der Waals surface area contributed by atoms with E-state index >= 15 is 0 Å². The number of furan rings is 1. The van der Waals surface area contributed by atoms with Gasteiger partial charge in [0.05, 0.1) is 5.56 Å². The average Bonchev–Trinajstić information content (AvgIpc) is 2.56. The zero-order valence-electron chi connectivity index (χ0n) is 11.2. The maximum Gasteiger partial charge on any atom is 0.258 e. The van der Waals surface area contributed by atoms with Crippen LogP contribution in [0.3, 0.4) is 0 Å². The fourth-order valence-corrected chi connectivity index (χ4v) is 2.31. The number of hydrogen-bond donors (Lipinski definition) is 1. The van der Waals surface area contributed by atoms with Crippen molar-refractivity contribution < 1.29 is 14.0 Å². The molecule has 1 aromatic rings. The van der Waals surface area contributed by atoms with Crippen LogP contribution in [0.1, 0.15) is 34.4 Å². The minimum Gasteiger partial charge on any atom is -0.466 e. The summed E-state index contributed by atoms with van der Waals surface area (Å²) in [4.78, 5) is 25.7. The van der Waals surface area contributed by atoms with Gasteiger partial charge in [0.15, 0.2) is 0 Å². The van der Waals surface area contributed by atoms with Crippen LogP contribution in [0.4, 0.5) is 0 Å². The van der Waals surface area contributed by atoms with Gasteiger partial charge in [0.1, 0.15) is 17.6 Å². The van der Waals surface area contributed by atoms with E-state index in [4.69, 9.17) is 4.42 Å². The van der Waals surface area contributed by atoms with Crippen LogP contribution in [0.2, 0.25) is 0 Å². The molecule has 1 fully saturated rings. The Bertz CT molecular complexity index is 505. The fourth-order valence-electron chi connectivity index (χ4n) is 2.31. The molecular formula is C13H18N2O3. The Hall–Kier alpha value is -1.78. The normalized spacial score (nSPS) is 19.9. The first-order chi connectivity index (χ1) is 8.43. The van der Waals surface area contributed by atoms with Gasteiger partial charge in [0, 0.05) is 18.7 Å². The molecule has 0 radical (unpaired) electrons. The number of nitrogens with one attached hydrogen (secondary N) is 1. The van der Waals surface area contributed by atoms with Gasteiger partial charge in [-0.25, -0.2) is 0 Å². The van der Waals surface area contributed by atoms with E-state index in [0.29, 0.717) is 24.4 Å². The largest absolute Gasteiger partial charge is 0.466 e. The molecule has 1 aromatic heterocycles. The van der Waals surface area contributed by atoms with Crippen molar-refractivity contribution in [1.29, 1.82) is 0 Å². The maximum atomic E-state index is 12.5. The summed E-state index contributed by atoms with van der Waals surface area (Å²) in [5.74, 6) is 1.15. The third-order valence-electron chi connectivity index (χ3n) is 3.53. The standard InChI is InChI=1S/C13H18N2O3/c1-7-9(3)18-10(4)11(7)13(17)15-6-5-14-12(16)8(15)2/h8H,5-6H2,1-4H3,(H,14,16). The number of nitrogens with zero attached hydrogens (tertiary/aromatic N) is 1. The average molecular weight is 250 g/mol. The van der Waals surface area contributed by atoms with Gasteiger partial charge >= 0.3 is 0 Å². The lowest BCUT2D eigenvalue weighted by Gasteiger charge is -2.32. The molecular weight excluding hydrogens is 232 g/mol. The van der Waals surface area contributed by atoms with E-state index in [0.717, 1.165) is 11.3 Å². The summed E-state index contributed by atoms with van der Waals surface area (Å²) in [6.45, 7) is 8.27. The van der Waals surface area contributed by atoms with Gasteiger partial charge < -0.3 is 14.6 Å². The van der Waals surface area contributed by atoms with Gasteiger partial charge in [-0.1, -0.05) is 0 Å². The van der Waals surface area contributed by atoms with Gasteiger partial charge in [-0.05, 0) is 27.7 Å². The van der Waals surface area contributed by atoms with Crippen molar-refractivity contribution in [2.45, 2.75) is 33.7 Å². The fraction of sp³-hybridized carbons (Fsp3) is 0.538. The molecule has 98 valence electrons. The topological polar surface area (TPSA) is 62.6 Å². The van der Waals surface area contributed by atoms with E-state index in [2.05, 4.69) is 5.32 Å². The minimum absolute atomic E-state index is 0.106. The highest BCUT2D eigenvalue weighted by molar-refractivity contribution is 6.00. The second kappa shape index (κ2) is 4.48. The molecule has 1 N–H and O–H groups in total. The highest BCUT2D eigenvalue weighted by atomic mass is 16.3. The zero-order valence-corrected chi connectivity index (χ0v) is 11.2. The molecule has 2 rings (SSSR count). The van der Waals surface area contributed by atoms with Crippen LogP contribution in [-0.4, -0.2) is 35.8 Å². The van der Waals surface area contributed by atoms with Crippen LogP contribution in [0, 0.1) is 20.8 Å². The Kier molecular flexibility index (Phi) is 3.15. The molecule has 2 heterocycles. The predicted octanol–water partition coefficient (Wildman–Crippen LogP) is 1.17. The second-order valence-corrected chi connectivity index (χ2v) is 4.68. The molecule has 1 aliphatic heterocycles. The van der Waals surface area contributed by atoms with Crippen LogP contribution >= 0.6 is 0 Å². The first-order valence-corrected chi connectivity index (χ1v) is 6.08. The summed E-state index contributed by atoms with van der Waals surface area (Å²) in [7, 11) is 0. The SMILES string of the molecule is Cc1oc(C)c(C(=O)N2CCNC(=O)C2C)c1C. The predicted molar refractivity (Wildman–Crippen MR) is 66.4 cm³/mol. The van der Waals surface area contributed by atoms with Crippen LogP contribution in [0.5, 0.6) is 0 Å². The number of piperazine rings is 1. The van der Waals surface area contributed by atoms with Gasteiger partial charge in [0.25, 0.3) is 5.91 Å². The molecule has 0 aliphatic carbocycles. The summed E-state index contributed by atoms with van der Waals surface area (Å²) < 4.78 is 5.47. The highest BCUT2D eigenvalue weighted by Gasteiger charge is 2.32. The van der Waals surface area contributed by atoms with Crippen molar-refractivity contribution in [2.75, 3.05) is 13.1 Å². The number of rotatable bonds is 1. The lowest BCUT2D eigenvalue weighted by atomic mass is 10.1. The van der Waals surface area contributed by atoms with E-state index in [1.807, 2.05) is 13.8 Å². The Morgan fingerprint density at radius 3 is 2.56 bits per heavy atom. The molecule has 0 bridgehead atoms. The van der Waals surface area contributed by atoms with Gasteiger partial charge in [-0.15, -0.1) is 0 Å². The Labute approximate surface area is 106 Å². The molecule has 2 amide bonds. The molecule has 0 saturated carbocycles. The van der Waals surface area contributed by atoms with Crippen molar-refractivity contribution in [3.05, 3.63) is 22.6 Å². The number of carbonyl (C=O) groups excluding carboxylic acids is 2. The van der Waals surface area contributed by atoms with Crippen molar-refractivity contribution in [2.24, 2.45) is 0 Å². The summed E-state index contributed by atoms with van der Waals surface area (Å²) in [5.41, 5.74) is 1.45. The lowest BCUT2D eigenvalue weighted by molar-refractivity contribution is -0.127. The number of hydrogen-bond acceptors (Lipinski definition) is 3. The van der Waals surface area contributed by atoms with Gasteiger partial charge in [0.2, 0.25) is 5.91 Å². The first-order valence-electron chi connectivity index (χ1n) is 6.08. The molecule has 0 spiro atoms. The molecule has 1 atom stereocenters. The second-order valence-electron chi connectivity index (χ2n) is 4.68. The molecule has 5 heteroatoms. The third kappa shape index (κ3) is 1.89. The summed E-state index contributed by atoms with van der Waals surface area (Å²) in [5, 5.41) is 2.75. The lowest BCUT2D eigenvalue weighted by Crippen LogP contribution is -2.55. The molecule has 1 unspecified atom stereocenters. The molecule has 5 nitrogen and oxygen atoms in total.